The smallest absolute Gasteiger partial charge is 0.246 e. The number of hydrogen-bond donors (Lipinski definition) is 0. The Morgan fingerprint density at radius 3 is 2.43 bits per heavy atom. The van der Waals surface area contributed by atoms with Gasteiger partial charge in [-0.3, -0.25) is 4.79 Å². The van der Waals surface area contributed by atoms with Gasteiger partial charge in [0, 0.05) is 29.7 Å². The lowest BCUT2D eigenvalue weighted by molar-refractivity contribution is -0.125. The van der Waals surface area contributed by atoms with Crippen LogP contribution in [0.4, 0.5) is 0 Å². The monoisotopic (exact) mass is 319 g/mol. The van der Waals surface area contributed by atoms with Crippen molar-refractivity contribution in [2.75, 3.05) is 7.05 Å². The molecule has 0 spiro atoms. The van der Waals surface area contributed by atoms with Crippen LogP contribution in [0.15, 0.2) is 54.6 Å². The molecular weight excluding hydrogens is 305 g/mol. The fraction of sp³-hybridized carbons (Fsp3) is 0.118. The van der Waals surface area contributed by atoms with Gasteiger partial charge in [-0.1, -0.05) is 53.5 Å². The Labute approximate surface area is 134 Å². The highest BCUT2D eigenvalue weighted by atomic mass is 35.5. The predicted octanol–water partition coefficient (Wildman–Crippen LogP) is 4.67. The number of hydrogen-bond acceptors (Lipinski definition) is 1. The van der Waals surface area contributed by atoms with E-state index in [9.17, 15) is 4.79 Å². The van der Waals surface area contributed by atoms with Gasteiger partial charge >= 0.3 is 0 Å². The highest BCUT2D eigenvalue weighted by molar-refractivity contribution is 6.32. The molecule has 108 valence electrons. The maximum absolute atomic E-state index is 12.1. The number of nitrogens with zero attached hydrogens (tertiary/aromatic N) is 1. The second-order valence-corrected chi connectivity index (χ2v) is 5.52. The minimum absolute atomic E-state index is 0.0788. The van der Waals surface area contributed by atoms with Gasteiger partial charge in [-0.15, -0.1) is 0 Å². The van der Waals surface area contributed by atoms with E-state index in [-0.39, 0.29) is 5.91 Å². The number of amides is 1. The zero-order chi connectivity index (χ0) is 15.2. The Morgan fingerprint density at radius 2 is 1.76 bits per heavy atom. The summed E-state index contributed by atoms with van der Waals surface area (Å²) < 4.78 is 0. The average molecular weight is 320 g/mol. The molecule has 0 saturated heterocycles. The largest absolute Gasteiger partial charge is 0.338 e. The van der Waals surface area contributed by atoms with Crippen molar-refractivity contribution >= 4 is 35.2 Å². The summed E-state index contributed by atoms with van der Waals surface area (Å²) in [5.74, 6) is -0.0788. The van der Waals surface area contributed by atoms with E-state index in [0.717, 1.165) is 11.1 Å². The van der Waals surface area contributed by atoms with E-state index >= 15 is 0 Å². The second-order valence-electron chi connectivity index (χ2n) is 4.68. The zero-order valence-corrected chi connectivity index (χ0v) is 13.1. The summed E-state index contributed by atoms with van der Waals surface area (Å²) in [5.41, 5.74) is 1.86. The third kappa shape index (κ3) is 4.62. The van der Waals surface area contributed by atoms with Crippen LogP contribution in [0.2, 0.25) is 10.0 Å². The number of halogens is 2. The summed E-state index contributed by atoms with van der Waals surface area (Å²) in [6.07, 6.45) is 3.25. The second kappa shape index (κ2) is 7.30. The molecule has 0 aliphatic heterocycles. The lowest BCUT2D eigenvalue weighted by Gasteiger charge is -2.15. The van der Waals surface area contributed by atoms with Gasteiger partial charge in [0.25, 0.3) is 0 Å². The van der Waals surface area contributed by atoms with Crippen LogP contribution < -0.4 is 0 Å². The fourth-order valence-electron chi connectivity index (χ4n) is 1.84. The Kier molecular flexibility index (Phi) is 5.43. The van der Waals surface area contributed by atoms with Gasteiger partial charge < -0.3 is 4.90 Å². The molecule has 0 aromatic heterocycles. The molecule has 2 rings (SSSR count). The number of rotatable bonds is 4. The molecule has 0 fully saturated rings. The summed E-state index contributed by atoms with van der Waals surface area (Å²) >= 11 is 11.9. The van der Waals surface area contributed by atoms with Crippen LogP contribution in [-0.2, 0) is 11.3 Å². The topological polar surface area (TPSA) is 20.3 Å². The lowest BCUT2D eigenvalue weighted by Crippen LogP contribution is -2.24. The van der Waals surface area contributed by atoms with E-state index < -0.39 is 0 Å². The van der Waals surface area contributed by atoms with Gasteiger partial charge in [0.1, 0.15) is 0 Å². The van der Waals surface area contributed by atoms with Crippen LogP contribution in [-0.4, -0.2) is 17.9 Å². The van der Waals surface area contributed by atoms with E-state index in [1.807, 2.05) is 42.5 Å². The maximum Gasteiger partial charge on any atom is 0.246 e. The lowest BCUT2D eigenvalue weighted by atomic mass is 10.2. The molecule has 0 heterocycles. The van der Waals surface area contributed by atoms with Gasteiger partial charge in [-0.05, 0) is 35.4 Å². The molecular formula is C17H15Cl2NO. The van der Waals surface area contributed by atoms with Crippen molar-refractivity contribution in [3.05, 3.63) is 75.8 Å². The SMILES string of the molecule is CN(Cc1ccc(Cl)cc1)C(=O)/C=C/c1ccccc1Cl. The standard InChI is InChI=1S/C17H15Cl2NO/c1-20(12-13-6-9-15(18)10-7-13)17(21)11-8-14-4-2-3-5-16(14)19/h2-11H,12H2,1H3/b11-8+. The fourth-order valence-corrected chi connectivity index (χ4v) is 2.16. The Bertz CT molecular complexity index is 650. The summed E-state index contributed by atoms with van der Waals surface area (Å²) in [6.45, 7) is 0.531. The quantitative estimate of drug-likeness (QED) is 0.750. The molecule has 0 N–H and O–H groups in total. The van der Waals surface area contributed by atoms with Gasteiger partial charge in [-0.25, -0.2) is 0 Å². The highest BCUT2D eigenvalue weighted by Crippen LogP contribution is 2.16. The van der Waals surface area contributed by atoms with Crippen LogP contribution in [0.3, 0.4) is 0 Å². The van der Waals surface area contributed by atoms with Crippen molar-refractivity contribution in [1.29, 1.82) is 0 Å². The third-order valence-corrected chi connectivity index (χ3v) is 3.62. The molecule has 0 bridgehead atoms. The molecule has 0 unspecified atom stereocenters. The van der Waals surface area contributed by atoms with Crippen LogP contribution in [0.5, 0.6) is 0 Å². The molecule has 21 heavy (non-hydrogen) atoms. The van der Waals surface area contributed by atoms with Crippen molar-refractivity contribution in [1.82, 2.24) is 4.90 Å². The molecule has 0 atom stereocenters. The molecule has 2 nitrogen and oxygen atoms in total. The van der Waals surface area contributed by atoms with Crippen molar-refractivity contribution in [3.8, 4) is 0 Å². The van der Waals surface area contributed by atoms with E-state index in [2.05, 4.69) is 0 Å². The van der Waals surface area contributed by atoms with Crippen molar-refractivity contribution < 1.29 is 4.79 Å². The average Bonchev–Trinajstić information content (AvgIpc) is 2.48. The number of carbonyl (C=O) groups is 1. The van der Waals surface area contributed by atoms with E-state index in [1.165, 1.54) is 6.08 Å². The Balaban J connectivity index is 1.99. The molecule has 0 aliphatic carbocycles. The third-order valence-electron chi connectivity index (χ3n) is 3.02. The van der Waals surface area contributed by atoms with Crippen molar-refractivity contribution in [2.45, 2.75) is 6.54 Å². The van der Waals surface area contributed by atoms with Crippen molar-refractivity contribution in [3.63, 3.8) is 0 Å². The predicted molar refractivity (Wildman–Crippen MR) is 88.4 cm³/mol. The number of carbonyl (C=O) groups excluding carboxylic acids is 1. The Morgan fingerprint density at radius 1 is 1.10 bits per heavy atom. The summed E-state index contributed by atoms with van der Waals surface area (Å²) in [6, 6.07) is 14.8. The first-order valence-electron chi connectivity index (χ1n) is 6.48. The van der Waals surface area contributed by atoms with Crippen LogP contribution >= 0.6 is 23.2 Å². The first kappa shape index (κ1) is 15.6. The molecule has 1 amide bonds. The van der Waals surface area contributed by atoms with Crippen LogP contribution in [0, 0.1) is 0 Å². The molecule has 4 heteroatoms. The Hall–Kier alpha value is -1.77. The van der Waals surface area contributed by atoms with E-state index in [4.69, 9.17) is 23.2 Å². The van der Waals surface area contributed by atoms with Crippen LogP contribution in [0.25, 0.3) is 6.08 Å². The maximum atomic E-state index is 12.1. The number of likely N-dealkylation sites (N-methyl/N-ethyl adjacent to an activating group) is 1. The summed E-state index contributed by atoms with van der Waals surface area (Å²) in [4.78, 5) is 13.7. The zero-order valence-electron chi connectivity index (χ0n) is 11.6. The minimum Gasteiger partial charge on any atom is -0.338 e. The van der Waals surface area contributed by atoms with Gasteiger partial charge in [-0.2, -0.15) is 0 Å². The normalized spacial score (nSPS) is 10.8. The molecule has 0 saturated carbocycles. The van der Waals surface area contributed by atoms with Gasteiger partial charge in [0.05, 0.1) is 0 Å². The van der Waals surface area contributed by atoms with Crippen LogP contribution in [0.1, 0.15) is 11.1 Å². The van der Waals surface area contributed by atoms with Crippen molar-refractivity contribution in [2.24, 2.45) is 0 Å². The van der Waals surface area contributed by atoms with E-state index in [0.29, 0.717) is 16.6 Å². The molecule has 2 aromatic rings. The first-order valence-corrected chi connectivity index (χ1v) is 7.24. The summed E-state index contributed by atoms with van der Waals surface area (Å²) in [7, 11) is 1.76. The van der Waals surface area contributed by atoms with E-state index in [1.54, 1.807) is 24.1 Å². The van der Waals surface area contributed by atoms with Gasteiger partial charge in [0.15, 0.2) is 0 Å². The molecule has 0 radical (unpaired) electrons. The molecule has 2 aromatic carbocycles. The minimum atomic E-state index is -0.0788. The summed E-state index contributed by atoms with van der Waals surface area (Å²) in [5, 5.41) is 1.31. The van der Waals surface area contributed by atoms with Gasteiger partial charge in [0.2, 0.25) is 5.91 Å². The first-order chi connectivity index (χ1) is 10.1. The number of benzene rings is 2. The molecule has 0 aliphatic rings. The highest BCUT2D eigenvalue weighted by Gasteiger charge is 2.06.